The zero-order valence-corrected chi connectivity index (χ0v) is 19.0. The minimum absolute atomic E-state index is 0.0193. The van der Waals surface area contributed by atoms with E-state index in [-0.39, 0.29) is 11.8 Å². The third-order valence-electron chi connectivity index (χ3n) is 5.27. The molecule has 2 amide bonds. The number of piperazine rings is 1. The van der Waals surface area contributed by atoms with Crippen LogP contribution >= 0.6 is 11.8 Å². The van der Waals surface area contributed by atoms with Crippen LogP contribution < -0.4 is 10.1 Å². The summed E-state index contributed by atoms with van der Waals surface area (Å²) in [6.45, 7) is 8.79. The van der Waals surface area contributed by atoms with Crippen LogP contribution in [0.3, 0.4) is 0 Å². The lowest BCUT2D eigenvalue weighted by atomic mass is 10.1. The highest BCUT2D eigenvalue weighted by Gasteiger charge is 2.29. The van der Waals surface area contributed by atoms with Gasteiger partial charge in [0.2, 0.25) is 5.91 Å². The molecule has 7 heteroatoms. The molecule has 0 saturated carbocycles. The van der Waals surface area contributed by atoms with Gasteiger partial charge >= 0.3 is 0 Å². The second-order valence-corrected chi connectivity index (χ2v) is 8.84. The summed E-state index contributed by atoms with van der Waals surface area (Å²) >= 11 is 1.68. The predicted octanol–water partition coefficient (Wildman–Crippen LogP) is 2.74. The molecule has 0 aliphatic carbocycles. The van der Waals surface area contributed by atoms with Crippen molar-refractivity contribution in [2.75, 3.05) is 51.8 Å². The Morgan fingerprint density at radius 3 is 2.45 bits per heavy atom. The SMILES string of the molecule is COc1ccccc1C(=O)NC(CCSC)C(=O)N1CCN(CCC(C)C)CC1. The van der Waals surface area contributed by atoms with Crippen molar-refractivity contribution in [3.63, 3.8) is 0 Å². The van der Waals surface area contributed by atoms with E-state index in [0.717, 1.165) is 38.5 Å². The number of benzene rings is 1. The van der Waals surface area contributed by atoms with Gasteiger partial charge in [-0.15, -0.1) is 0 Å². The first-order valence-corrected chi connectivity index (χ1v) is 11.8. The Morgan fingerprint density at radius 1 is 1.14 bits per heavy atom. The highest BCUT2D eigenvalue weighted by molar-refractivity contribution is 7.98. The van der Waals surface area contributed by atoms with E-state index in [0.29, 0.717) is 23.7 Å². The van der Waals surface area contributed by atoms with Gasteiger partial charge < -0.3 is 15.0 Å². The third kappa shape index (κ3) is 7.23. The molecule has 162 valence electrons. The summed E-state index contributed by atoms with van der Waals surface area (Å²) in [5.74, 6) is 1.77. The fourth-order valence-corrected chi connectivity index (χ4v) is 3.89. The summed E-state index contributed by atoms with van der Waals surface area (Å²) in [6, 6.07) is 6.58. The topological polar surface area (TPSA) is 61.9 Å². The molecule has 1 aromatic rings. The Kier molecular flexibility index (Phi) is 9.81. The highest BCUT2D eigenvalue weighted by Crippen LogP contribution is 2.18. The lowest BCUT2D eigenvalue weighted by Gasteiger charge is -2.36. The quantitative estimate of drug-likeness (QED) is 0.629. The first-order valence-electron chi connectivity index (χ1n) is 10.4. The highest BCUT2D eigenvalue weighted by atomic mass is 32.2. The smallest absolute Gasteiger partial charge is 0.255 e. The Hall–Kier alpha value is -1.73. The number of methoxy groups -OCH3 is 1. The lowest BCUT2D eigenvalue weighted by molar-refractivity contribution is -0.135. The van der Waals surface area contributed by atoms with Gasteiger partial charge in [0.05, 0.1) is 12.7 Å². The molecule has 0 aromatic heterocycles. The second-order valence-electron chi connectivity index (χ2n) is 7.86. The summed E-state index contributed by atoms with van der Waals surface area (Å²) < 4.78 is 5.29. The van der Waals surface area contributed by atoms with Gasteiger partial charge in [-0.1, -0.05) is 26.0 Å². The number of thioether (sulfide) groups is 1. The van der Waals surface area contributed by atoms with E-state index in [4.69, 9.17) is 4.74 Å². The van der Waals surface area contributed by atoms with Gasteiger partial charge in [0.1, 0.15) is 11.8 Å². The van der Waals surface area contributed by atoms with E-state index in [1.807, 2.05) is 17.2 Å². The molecule has 0 spiro atoms. The van der Waals surface area contributed by atoms with Gasteiger partial charge in [-0.2, -0.15) is 11.8 Å². The van der Waals surface area contributed by atoms with Crippen molar-refractivity contribution >= 4 is 23.6 Å². The van der Waals surface area contributed by atoms with Gasteiger partial charge in [-0.3, -0.25) is 14.5 Å². The van der Waals surface area contributed by atoms with E-state index in [2.05, 4.69) is 24.1 Å². The van der Waals surface area contributed by atoms with Crippen molar-refractivity contribution in [3.8, 4) is 5.75 Å². The zero-order chi connectivity index (χ0) is 21.2. The number of hydrogen-bond donors (Lipinski definition) is 1. The number of ether oxygens (including phenoxy) is 1. The summed E-state index contributed by atoms with van der Waals surface area (Å²) in [6.07, 6.45) is 3.81. The Morgan fingerprint density at radius 2 is 1.83 bits per heavy atom. The average Bonchev–Trinajstić information content (AvgIpc) is 2.74. The Balaban J connectivity index is 1.98. The van der Waals surface area contributed by atoms with Crippen LogP contribution in [0.5, 0.6) is 5.75 Å². The number of carbonyl (C=O) groups excluding carboxylic acids is 2. The molecule has 1 N–H and O–H groups in total. The lowest BCUT2D eigenvalue weighted by Crippen LogP contribution is -2.55. The van der Waals surface area contributed by atoms with Gasteiger partial charge in [0.25, 0.3) is 5.91 Å². The molecule has 1 atom stereocenters. The molecule has 6 nitrogen and oxygen atoms in total. The molecule has 1 saturated heterocycles. The van der Waals surface area contributed by atoms with E-state index < -0.39 is 6.04 Å². The molecule has 2 rings (SSSR count). The maximum Gasteiger partial charge on any atom is 0.255 e. The van der Waals surface area contributed by atoms with Gasteiger partial charge in [-0.25, -0.2) is 0 Å². The van der Waals surface area contributed by atoms with Crippen LogP contribution in [-0.4, -0.2) is 79.5 Å². The van der Waals surface area contributed by atoms with E-state index >= 15 is 0 Å². The zero-order valence-electron chi connectivity index (χ0n) is 18.1. The molecule has 0 radical (unpaired) electrons. The number of para-hydroxylation sites is 1. The monoisotopic (exact) mass is 421 g/mol. The van der Waals surface area contributed by atoms with Crippen LogP contribution in [0.15, 0.2) is 24.3 Å². The van der Waals surface area contributed by atoms with Crippen LogP contribution in [0, 0.1) is 5.92 Å². The summed E-state index contributed by atoms with van der Waals surface area (Å²) in [7, 11) is 1.54. The van der Waals surface area contributed by atoms with Crippen LogP contribution in [-0.2, 0) is 4.79 Å². The van der Waals surface area contributed by atoms with Crippen molar-refractivity contribution < 1.29 is 14.3 Å². The molecular formula is C22H35N3O3S. The third-order valence-corrected chi connectivity index (χ3v) is 5.92. The largest absolute Gasteiger partial charge is 0.496 e. The molecule has 1 aliphatic heterocycles. The molecule has 1 heterocycles. The molecule has 1 fully saturated rings. The van der Waals surface area contributed by atoms with E-state index in [9.17, 15) is 9.59 Å². The predicted molar refractivity (Wildman–Crippen MR) is 120 cm³/mol. The van der Waals surface area contributed by atoms with Gasteiger partial charge in [0, 0.05) is 26.2 Å². The standard InChI is InChI=1S/C22H35N3O3S/c1-17(2)9-11-24-12-14-25(15-13-24)22(27)19(10-16-29-4)23-21(26)18-7-5-6-8-20(18)28-3/h5-8,17,19H,9-16H2,1-4H3,(H,23,26). The Bertz CT molecular complexity index is 660. The summed E-state index contributed by atoms with van der Waals surface area (Å²) in [5.41, 5.74) is 0.454. The molecule has 29 heavy (non-hydrogen) atoms. The normalized spacial score (nSPS) is 16.0. The fourth-order valence-electron chi connectivity index (χ4n) is 3.41. The number of nitrogens with one attached hydrogen (secondary N) is 1. The van der Waals surface area contributed by atoms with E-state index in [1.54, 1.807) is 37.1 Å². The molecule has 1 aliphatic rings. The number of hydrogen-bond acceptors (Lipinski definition) is 5. The molecular weight excluding hydrogens is 386 g/mol. The maximum atomic E-state index is 13.2. The minimum atomic E-state index is -0.512. The first kappa shape index (κ1) is 23.5. The number of amides is 2. The molecule has 1 unspecified atom stereocenters. The maximum absolute atomic E-state index is 13.2. The van der Waals surface area contributed by atoms with Gasteiger partial charge in [0.15, 0.2) is 0 Å². The van der Waals surface area contributed by atoms with Crippen molar-refractivity contribution in [1.82, 2.24) is 15.1 Å². The summed E-state index contributed by atoms with van der Waals surface area (Å²) in [5, 5.41) is 2.95. The van der Waals surface area contributed by atoms with Crippen molar-refractivity contribution in [3.05, 3.63) is 29.8 Å². The second kappa shape index (κ2) is 12.1. The summed E-state index contributed by atoms with van der Waals surface area (Å²) in [4.78, 5) is 30.3. The van der Waals surface area contributed by atoms with Crippen LogP contribution in [0.1, 0.15) is 37.0 Å². The molecule has 0 bridgehead atoms. The number of carbonyl (C=O) groups is 2. The minimum Gasteiger partial charge on any atom is -0.496 e. The van der Waals surface area contributed by atoms with Crippen LogP contribution in [0.25, 0.3) is 0 Å². The van der Waals surface area contributed by atoms with Crippen LogP contribution in [0.4, 0.5) is 0 Å². The fraction of sp³-hybridized carbons (Fsp3) is 0.636. The van der Waals surface area contributed by atoms with Crippen molar-refractivity contribution in [2.45, 2.75) is 32.7 Å². The average molecular weight is 422 g/mol. The van der Waals surface area contributed by atoms with Crippen molar-refractivity contribution in [2.24, 2.45) is 5.92 Å². The van der Waals surface area contributed by atoms with Gasteiger partial charge in [-0.05, 0) is 49.4 Å². The number of nitrogens with zero attached hydrogens (tertiary/aromatic N) is 2. The molecule has 1 aromatic carbocycles. The number of rotatable bonds is 10. The van der Waals surface area contributed by atoms with Crippen molar-refractivity contribution in [1.29, 1.82) is 0 Å². The first-order chi connectivity index (χ1) is 14.0. The Labute approximate surface area is 179 Å². The van der Waals surface area contributed by atoms with E-state index in [1.165, 1.54) is 6.42 Å². The van der Waals surface area contributed by atoms with Crippen LogP contribution in [0.2, 0.25) is 0 Å².